The normalized spacial score (nSPS) is 32.3. The number of hydrogen-bond donors (Lipinski definition) is 0. The fraction of sp³-hybridized carbons (Fsp3) is 1.00. The number of rotatable bonds is 3. The zero-order valence-corrected chi connectivity index (χ0v) is 9.29. The van der Waals surface area contributed by atoms with Crippen molar-refractivity contribution in [2.24, 2.45) is 0 Å². The lowest BCUT2D eigenvalue weighted by Gasteiger charge is -2.43. The lowest BCUT2D eigenvalue weighted by molar-refractivity contribution is 0.0344. The molecule has 2 unspecified atom stereocenters. The van der Waals surface area contributed by atoms with Crippen LogP contribution in [0, 0.1) is 0 Å². The number of hydrogen-bond acceptors (Lipinski definition) is 3. The largest absolute Gasteiger partial charge is 0.383 e. The Morgan fingerprint density at radius 2 is 1.92 bits per heavy atom. The third-order valence-corrected chi connectivity index (χ3v) is 3.29. The van der Waals surface area contributed by atoms with E-state index in [-0.39, 0.29) is 0 Å². The van der Waals surface area contributed by atoms with Gasteiger partial charge in [-0.1, -0.05) is 0 Å². The smallest absolute Gasteiger partial charge is 0.0589 e. The zero-order valence-electron chi connectivity index (χ0n) is 9.29. The molecule has 0 spiro atoms. The summed E-state index contributed by atoms with van der Waals surface area (Å²) in [5.41, 5.74) is 0. The summed E-state index contributed by atoms with van der Waals surface area (Å²) in [6.45, 7) is 8.86. The van der Waals surface area contributed by atoms with E-state index in [9.17, 15) is 0 Å². The standard InChI is InChI=1S/C10H22N2O/c1-9-10(2)12(7-8-13-4)6-5-11(9)3/h9-10H,5-8H2,1-4H3. The van der Waals surface area contributed by atoms with Crippen LogP contribution in [0.5, 0.6) is 0 Å². The molecule has 0 aromatic heterocycles. The number of likely N-dealkylation sites (N-methyl/N-ethyl adjacent to an activating group) is 1. The molecular formula is C10H22N2O. The van der Waals surface area contributed by atoms with Crippen molar-refractivity contribution in [3.8, 4) is 0 Å². The van der Waals surface area contributed by atoms with Gasteiger partial charge >= 0.3 is 0 Å². The second-order valence-electron chi connectivity index (χ2n) is 3.99. The average Bonchev–Trinajstić information content (AvgIpc) is 2.13. The zero-order chi connectivity index (χ0) is 9.84. The van der Waals surface area contributed by atoms with E-state index in [2.05, 4.69) is 30.7 Å². The first kappa shape index (κ1) is 11.0. The van der Waals surface area contributed by atoms with Gasteiger partial charge in [-0.2, -0.15) is 0 Å². The van der Waals surface area contributed by atoms with Crippen molar-refractivity contribution >= 4 is 0 Å². The molecule has 0 aromatic rings. The maximum absolute atomic E-state index is 5.10. The fourth-order valence-electron chi connectivity index (χ4n) is 1.89. The van der Waals surface area contributed by atoms with Crippen molar-refractivity contribution in [3.63, 3.8) is 0 Å². The highest BCUT2D eigenvalue weighted by molar-refractivity contribution is 4.84. The summed E-state index contributed by atoms with van der Waals surface area (Å²) in [6, 6.07) is 1.31. The predicted molar refractivity (Wildman–Crippen MR) is 55.0 cm³/mol. The lowest BCUT2D eigenvalue weighted by atomic mass is 10.1. The van der Waals surface area contributed by atoms with E-state index in [1.54, 1.807) is 7.11 Å². The Hall–Kier alpha value is -0.120. The molecule has 1 saturated heterocycles. The highest BCUT2D eigenvalue weighted by atomic mass is 16.5. The van der Waals surface area contributed by atoms with Gasteiger partial charge in [0.15, 0.2) is 0 Å². The molecule has 2 atom stereocenters. The van der Waals surface area contributed by atoms with Crippen LogP contribution in [0.4, 0.5) is 0 Å². The minimum Gasteiger partial charge on any atom is -0.383 e. The average molecular weight is 186 g/mol. The Bertz CT molecular complexity index is 150. The highest BCUT2D eigenvalue weighted by Crippen LogP contribution is 2.14. The Kier molecular flexibility index (Phi) is 4.16. The molecule has 1 fully saturated rings. The minimum atomic E-state index is 0.647. The van der Waals surface area contributed by atoms with Gasteiger partial charge in [0.05, 0.1) is 6.61 Å². The second kappa shape index (κ2) is 4.94. The molecule has 78 valence electrons. The number of nitrogens with zero attached hydrogens (tertiary/aromatic N) is 2. The van der Waals surface area contributed by atoms with Crippen LogP contribution in [0.2, 0.25) is 0 Å². The van der Waals surface area contributed by atoms with Crippen LogP contribution in [0.1, 0.15) is 13.8 Å². The van der Waals surface area contributed by atoms with Gasteiger partial charge in [0, 0.05) is 38.8 Å². The Morgan fingerprint density at radius 3 is 2.54 bits per heavy atom. The Balaban J connectivity index is 2.39. The fourth-order valence-corrected chi connectivity index (χ4v) is 1.89. The molecule has 1 heterocycles. The third-order valence-electron chi connectivity index (χ3n) is 3.29. The van der Waals surface area contributed by atoms with Crippen LogP contribution in [0.15, 0.2) is 0 Å². The number of piperazine rings is 1. The molecule has 3 heteroatoms. The monoisotopic (exact) mass is 186 g/mol. The van der Waals surface area contributed by atoms with E-state index < -0.39 is 0 Å². The predicted octanol–water partition coefficient (Wildman–Crippen LogP) is 0.657. The maximum Gasteiger partial charge on any atom is 0.0589 e. The molecule has 0 N–H and O–H groups in total. The van der Waals surface area contributed by atoms with Crippen molar-refractivity contribution in [1.29, 1.82) is 0 Å². The summed E-state index contributed by atoms with van der Waals surface area (Å²) in [4.78, 5) is 4.93. The van der Waals surface area contributed by atoms with Gasteiger partial charge in [0.2, 0.25) is 0 Å². The summed E-state index contributed by atoms with van der Waals surface area (Å²) in [6.07, 6.45) is 0. The van der Waals surface area contributed by atoms with Gasteiger partial charge in [-0.3, -0.25) is 4.90 Å². The van der Waals surface area contributed by atoms with E-state index >= 15 is 0 Å². The summed E-state index contributed by atoms with van der Waals surface area (Å²) >= 11 is 0. The number of methoxy groups -OCH3 is 1. The molecular weight excluding hydrogens is 164 g/mol. The van der Waals surface area contributed by atoms with Crippen molar-refractivity contribution in [2.45, 2.75) is 25.9 Å². The van der Waals surface area contributed by atoms with Crippen molar-refractivity contribution in [1.82, 2.24) is 9.80 Å². The molecule has 13 heavy (non-hydrogen) atoms. The summed E-state index contributed by atoms with van der Waals surface area (Å²) in [5.74, 6) is 0. The van der Waals surface area contributed by atoms with Gasteiger partial charge in [0.25, 0.3) is 0 Å². The summed E-state index contributed by atoms with van der Waals surface area (Å²) in [5, 5.41) is 0. The van der Waals surface area contributed by atoms with Crippen LogP contribution in [0.25, 0.3) is 0 Å². The first-order valence-corrected chi connectivity index (χ1v) is 5.10. The minimum absolute atomic E-state index is 0.647. The molecule has 0 radical (unpaired) electrons. The van der Waals surface area contributed by atoms with Crippen molar-refractivity contribution < 1.29 is 4.74 Å². The first-order valence-electron chi connectivity index (χ1n) is 5.10. The first-order chi connectivity index (χ1) is 6.16. The van der Waals surface area contributed by atoms with Gasteiger partial charge in [-0.15, -0.1) is 0 Å². The maximum atomic E-state index is 5.10. The van der Waals surface area contributed by atoms with Gasteiger partial charge in [-0.05, 0) is 20.9 Å². The van der Waals surface area contributed by atoms with E-state index in [0.717, 1.165) is 13.2 Å². The van der Waals surface area contributed by atoms with Crippen LogP contribution in [-0.4, -0.2) is 62.3 Å². The van der Waals surface area contributed by atoms with E-state index in [0.29, 0.717) is 12.1 Å². The molecule has 3 nitrogen and oxygen atoms in total. The van der Waals surface area contributed by atoms with Crippen molar-refractivity contribution in [3.05, 3.63) is 0 Å². The van der Waals surface area contributed by atoms with Crippen molar-refractivity contribution in [2.75, 3.05) is 40.4 Å². The topological polar surface area (TPSA) is 15.7 Å². The van der Waals surface area contributed by atoms with Crippen LogP contribution >= 0.6 is 0 Å². The quantitative estimate of drug-likeness (QED) is 0.644. The molecule has 1 rings (SSSR count). The van der Waals surface area contributed by atoms with Gasteiger partial charge < -0.3 is 9.64 Å². The molecule has 1 aliphatic rings. The van der Waals surface area contributed by atoms with Crippen LogP contribution < -0.4 is 0 Å². The highest BCUT2D eigenvalue weighted by Gasteiger charge is 2.27. The molecule has 0 saturated carbocycles. The molecule has 1 aliphatic heterocycles. The van der Waals surface area contributed by atoms with Gasteiger partial charge in [-0.25, -0.2) is 0 Å². The Morgan fingerprint density at radius 1 is 1.23 bits per heavy atom. The summed E-state index contributed by atoms with van der Waals surface area (Å²) < 4.78 is 5.10. The molecule has 0 aliphatic carbocycles. The number of ether oxygens (including phenoxy) is 1. The SMILES string of the molecule is COCCN1CCN(C)C(C)C1C. The molecule has 0 aromatic carbocycles. The van der Waals surface area contributed by atoms with Gasteiger partial charge in [0.1, 0.15) is 0 Å². The third kappa shape index (κ3) is 2.66. The Labute approximate surface area is 81.7 Å². The molecule has 0 amide bonds. The van der Waals surface area contributed by atoms with E-state index in [1.165, 1.54) is 13.1 Å². The lowest BCUT2D eigenvalue weighted by Crippen LogP contribution is -2.56. The second-order valence-corrected chi connectivity index (χ2v) is 3.99. The summed E-state index contributed by atoms with van der Waals surface area (Å²) in [7, 11) is 3.97. The molecule has 0 bridgehead atoms. The van der Waals surface area contributed by atoms with Crippen LogP contribution in [-0.2, 0) is 4.74 Å². The van der Waals surface area contributed by atoms with Crippen LogP contribution in [0.3, 0.4) is 0 Å². The van der Waals surface area contributed by atoms with E-state index in [1.807, 2.05) is 0 Å². The van der Waals surface area contributed by atoms with E-state index in [4.69, 9.17) is 4.74 Å².